The lowest BCUT2D eigenvalue weighted by atomic mass is 10.0. The van der Waals surface area contributed by atoms with Crippen molar-refractivity contribution in [2.45, 2.75) is 38.0 Å². The van der Waals surface area contributed by atoms with Gasteiger partial charge in [0, 0.05) is 50.4 Å². The zero-order valence-electron chi connectivity index (χ0n) is 26.6. The Morgan fingerprint density at radius 2 is 1.62 bits per heavy atom. The summed E-state index contributed by atoms with van der Waals surface area (Å²) in [4.78, 5) is 38.2. The average molecular weight is 652 g/mol. The number of anilines is 3. The van der Waals surface area contributed by atoms with Gasteiger partial charge in [-0.1, -0.05) is 66.7 Å². The van der Waals surface area contributed by atoms with Gasteiger partial charge in [-0.2, -0.15) is 0 Å². The molecule has 6 N–H and O–H groups in total. The zero-order chi connectivity index (χ0) is 33.7. The van der Waals surface area contributed by atoms with Gasteiger partial charge >= 0.3 is 6.09 Å². The lowest BCUT2D eigenvalue weighted by Gasteiger charge is -2.31. The number of likely N-dealkylation sites (tertiary alicyclic amines) is 1. The molecule has 1 fully saturated rings. The molecular weight excluding hydrogens is 610 g/mol. The highest BCUT2D eigenvalue weighted by atomic mass is 16.6. The van der Waals surface area contributed by atoms with Crippen LogP contribution in [-0.2, 0) is 20.9 Å². The summed E-state index contributed by atoms with van der Waals surface area (Å²) in [6, 6.07) is 29.6. The molecular formula is C37H41N5O6. The highest BCUT2D eigenvalue weighted by Gasteiger charge is 2.23. The van der Waals surface area contributed by atoms with Crippen molar-refractivity contribution in [3.05, 3.63) is 108 Å². The summed E-state index contributed by atoms with van der Waals surface area (Å²) in [6.45, 7) is 2.87. The maximum atomic E-state index is 12.7. The highest BCUT2D eigenvalue weighted by Crippen LogP contribution is 2.28. The van der Waals surface area contributed by atoms with Crippen LogP contribution in [0.4, 0.5) is 21.9 Å². The largest absolute Gasteiger partial charge is 0.506 e. The molecule has 0 radical (unpaired) electrons. The first-order chi connectivity index (χ1) is 23.4. The number of hydrogen-bond donors (Lipinski definition) is 6. The number of hydrogen-bond acceptors (Lipinski definition) is 8. The van der Waals surface area contributed by atoms with Crippen molar-refractivity contribution in [3.63, 3.8) is 0 Å². The number of aliphatic hydroxyl groups excluding tert-OH is 1. The van der Waals surface area contributed by atoms with Gasteiger partial charge < -0.3 is 35.8 Å². The number of ether oxygens (including phenoxy) is 1. The monoisotopic (exact) mass is 651 g/mol. The number of piperidine rings is 1. The minimum Gasteiger partial charge on any atom is -0.506 e. The summed E-state index contributed by atoms with van der Waals surface area (Å²) in [7, 11) is 0. The molecule has 1 atom stereocenters. The predicted molar refractivity (Wildman–Crippen MR) is 186 cm³/mol. The maximum absolute atomic E-state index is 12.7. The van der Waals surface area contributed by atoms with Gasteiger partial charge in [0.05, 0.1) is 17.5 Å². The van der Waals surface area contributed by atoms with Crippen LogP contribution >= 0.6 is 0 Å². The summed E-state index contributed by atoms with van der Waals surface area (Å²) in [6.07, 6.45) is 0.751. The molecule has 1 aliphatic heterocycles. The van der Waals surface area contributed by atoms with Gasteiger partial charge in [0.25, 0.3) is 0 Å². The molecule has 0 aliphatic carbocycles. The molecule has 250 valence electrons. The number of amides is 3. The van der Waals surface area contributed by atoms with E-state index in [1.54, 1.807) is 6.07 Å². The van der Waals surface area contributed by atoms with E-state index >= 15 is 0 Å². The number of nitrogens with zero attached hydrogens (tertiary/aromatic N) is 1. The average Bonchev–Trinajstić information content (AvgIpc) is 3.10. The van der Waals surface area contributed by atoms with Crippen molar-refractivity contribution >= 4 is 35.5 Å². The Balaban J connectivity index is 0.976. The van der Waals surface area contributed by atoms with E-state index in [1.165, 1.54) is 12.1 Å². The first-order valence-corrected chi connectivity index (χ1v) is 16.0. The molecule has 1 heterocycles. The van der Waals surface area contributed by atoms with Gasteiger partial charge in [-0.3, -0.25) is 14.9 Å². The Morgan fingerprint density at radius 1 is 0.896 bits per heavy atom. The van der Waals surface area contributed by atoms with Crippen LogP contribution < -0.4 is 21.3 Å². The molecule has 4 aromatic rings. The highest BCUT2D eigenvalue weighted by molar-refractivity contribution is 5.92. The second kappa shape index (κ2) is 17.1. The number of para-hydroxylation sites is 1. The Bertz CT molecular complexity index is 1660. The molecule has 4 aromatic carbocycles. The lowest BCUT2D eigenvalue weighted by Crippen LogP contribution is -2.39. The van der Waals surface area contributed by atoms with E-state index in [0.29, 0.717) is 55.7 Å². The fraction of sp³-hybridized carbons (Fsp3) is 0.270. The lowest BCUT2D eigenvalue weighted by molar-refractivity contribution is -0.116. The van der Waals surface area contributed by atoms with Crippen molar-refractivity contribution in [2.75, 3.05) is 42.1 Å². The third-order valence-electron chi connectivity index (χ3n) is 8.24. The number of phenolic OH excluding ortho intramolecular Hbond substituents is 1. The zero-order valence-corrected chi connectivity index (χ0v) is 26.6. The summed E-state index contributed by atoms with van der Waals surface area (Å²) >= 11 is 0. The van der Waals surface area contributed by atoms with Crippen LogP contribution in [0, 0.1) is 0 Å². The van der Waals surface area contributed by atoms with E-state index in [2.05, 4.69) is 26.2 Å². The fourth-order valence-electron chi connectivity index (χ4n) is 5.60. The van der Waals surface area contributed by atoms with E-state index in [4.69, 9.17) is 4.74 Å². The SMILES string of the molecule is O=CNc1cc([C@@H](O)CNCc2ccc(NC(=O)CCN3CCC(OC(=O)Nc4ccccc4-c4ccccc4)CC3)cc2)ccc1O. The number of phenols is 1. The molecule has 1 saturated heterocycles. The molecule has 3 amide bonds. The van der Waals surface area contributed by atoms with Gasteiger partial charge in [-0.15, -0.1) is 0 Å². The minimum absolute atomic E-state index is 0.0730. The summed E-state index contributed by atoms with van der Waals surface area (Å²) in [5.74, 6) is -0.148. The number of carbonyl (C=O) groups excluding carboxylic acids is 3. The molecule has 0 saturated carbocycles. The van der Waals surface area contributed by atoms with Crippen LogP contribution in [-0.4, -0.2) is 65.8 Å². The number of rotatable bonds is 14. The van der Waals surface area contributed by atoms with E-state index in [1.807, 2.05) is 78.9 Å². The van der Waals surface area contributed by atoms with Crippen LogP contribution in [0.1, 0.15) is 36.5 Å². The molecule has 11 nitrogen and oxygen atoms in total. The smallest absolute Gasteiger partial charge is 0.411 e. The van der Waals surface area contributed by atoms with Crippen LogP contribution in [0.3, 0.4) is 0 Å². The molecule has 0 aromatic heterocycles. The Morgan fingerprint density at radius 3 is 2.38 bits per heavy atom. The topological polar surface area (TPSA) is 152 Å². The van der Waals surface area contributed by atoms with Gasteiger partial charge in [0.15, 0.2) is 0 Å². The maximum Gasteiger partial charge on any atom is 0.411 e. The molecule has 11 heteroatoms. The Kier molecular flexibility index (Phi) is 12.1. The fourth-order valence-corrected chi connectivity index (χ4v) is 5.60. The summed E-state index contributed by atoms with van der Waals surface area (Å²) in [5, 5.41) is 31.7. The standard InChI is InChI=1S/C37H41N5O6/c43-25-39-33-22-28(12-15-34(33)44)35(45)24-38-23-26-10-13-29(14-11-26)40-36(46)18-21-42-19-16-30(17-20-42)48-37(47)41-32-9-5-4-8-31(32)27-6-2-1-3-7-27/h1-15,22,25,30,35,38,44-45H,16-21,23-24H2,(H,39,43)(H,40,46)(H,41,47)/t35-/m0/s1. The van der Waals surface area contributed by atoms with Gasteiger partial charge in [-0.05, 0) is 59.9 Å². The quantitative estimate of drug-likeness (QED) is 0.0774. The molecule has 0 unspecified atom stereocenters. The van der Waals surface area contributed by atoms with E-state index in [0.717, 1.165) is 29.8 Å². The van der Waals surface area contributed by atoms with Gasteiger partial charge in [0.1, 0.15) is 11.9 Å². The van der Waals surface area contributed by atoms with Crippen molar-refractivity contribution < 1.29 is 29.3 Å². The van der Waals surface area contributed by atoms with Crippen molar-refractivity contribution in [1.82, 2.24) is 10.2 Å². The van der Waals surface area contributed by atoms with E-state index in [-0.39, 0.29) is 30.0 Å². The number of benzene rings is 4. The molecule has 0 bridgehead atoms. The normalized spacial score (nSPS) is 14.1. The summed E-state index contributed by atoms with van der Waals surface area (Å²) < 4.78 is 5.73. The Hall–Kier alpha value is -5.23. The first-order valence-electron chi connectivity index (χ1n) is 16.0. The van der Waals surface area contributed by atoms with Gasteiger partial charge in [0.2, 0.25) is 12.3 Å². The van der Waals surface area contributed by atoms with Crippen LogP contribution in [0.2, 0.25) is 0 Å². The Labute approximate surface area is 279 Å². The third kappa shape index (κ3) is 9.88. The van der Waals surface area contributed by atoms with Crippen molar-refractivity contribution in [1.29, 1.82) is 0 Å². The molecule has 0 spiro atoms. The number of carbonyl (C=O) groups is 3. The second-order valence-corrected chi connectivity index (χ2v) is 11.7. The number of aromatic hydroxyl groups is 1. The molecule has 5 rings (SSSR count). The molecule has 1 aliphatic rings. The second-order valence-electron chi connectivity index (χ2n) is 11.7. The predicted octanol–water partition coefficient (Wildman–Crippen LogP) is 5.49. The van der Waals surface area contributed by atoms with Crippen molar-refractivity contribution in [3.8, 4) is 16.9 Å². The number of aliphatic hydroxyl groups is 1. The van der Waals surface area contributed by atoms with Crippen LogP contribution in [0.5, 0.6) is 5.75 Å². The van der Waals surface area contributed by atoms with E-state index < -0.39 is 12.2 Å². The minimum atomic E-state index is -0.831. The van der Waals surface area contributed by atoms with Crippen LogP contribution in [0.15, 0.2) is 97.1 Å². The van der Waals surface area contributed by atoms with Crippen LogP contribution in [0.25, 0.3) is 11.1 Å². The third-order valence-corrected chi connectivity index (χ3v) is 8.24. The van der Waals surface area contributed by atoms with Crippen molar-refractivity contribution in [2.24, 2.45) is 0 Å². The summed E-state index contributed by atoms with van der Waals surface area (Å²) in [5.41, 5.74) is 5.13. The van der Waals surface area contributed by atoms with Gasteiger partial charge in [-0.25, -0.2) is 4.79 Å². The van der Waals surface area contributed by atoms with E-state index in [9.17, 15) is 24.6 Å². The first kappa shape index (κ1) is 34.1. The molecule has 48 heavy (non-hydrogen) atoms. The number of nitrogens with one attached hydrogen (secondary N) is 4.